The minimum Gasteiger partial charge on any atom is -0.357 e. The molecule has 4 rings (SSSR count). The van der Waals surface area contributed by atoms with Crippen LogP contribution in [-0.2, 0) is 0 Å². The van der Waals surface area contributed by atoms with Crippen molar-refractivity contribution >= 4 is 38.4 Å². The summed E-state index contributed by atoms with van der Waals surface area (Å²) in [5.74, 6) is 0.588. The standard InChI is InChI=1S/C14H11N5S/c1-15-14-17-11(10-7-16-19-13(10)18-14)9-4-2-3-8-5-6-20-12(8)9/h2-7H,1H3,(H2,15,16,17,18,19). The highest BCUT2D eigenvalue weighted by Crippen LogP contribution is 2.34. The number of nitrogens with zero attached hydrogens (tertiary/aromatic N) is 3. The van der Waals surface area contributed by atoms with E-state index >= 15 is 0 Å². The molecule has 98 valence electrons. The first-order valence-electron chi connectivity index (χ1n) is 6.22. The summed E-state index contributed by atoms with van der Waals surface area (Å²) in [5, 5.41) is 14.2. The smallest absolute Gasteiger partial charge is 0.225 e. The summed E-state index contributed by atoms with van der Waals surface area (Å²) in [6, 6.07) is 8.38. The molecular weight excluding hydrogens is 270 g/mol. The second-order valence-electron chi connectivity index (χ2n) is 4.42. The molecule has 0 fully saturated rings. The zero-order valence-electron chi connectivity index (χ0n) is 10.7. The van der Waals surface area contributed by atoms with Gasteiger partial charge in [-0.2, -0.15) is 10.1 Å². The number of thiophene rings is 1. The number of hydrogen-bond acceptors (Lipinski definition) is 5. The van der Waals surface area contributed by atoms with Gasteiger partial charge in [-0.05, 0) is 16.8 Å². The summed E-state index contributed by atoms with van der Waals surface area (Å²) in [6.07, 6.45) is 1.77. The lowest BCUT2D eigenvalue weighted by atomic mass is 10.1. The SMILES string of the molecule is CNc1nc(-c2cccc3ccsc23)c2cn[nH]c2n1. The Hall–Kier alpha value is -2.47. The fourth-order valence-corrected chi connectivity index (χ4v) is 3.25. The van der Waals surface area contributed by atoms with E-state index in [1.165, 1.54) is 10.1 Å². The molecule has 0 amide bonds. The van der Waals surface area contributed by atoms with E-state index in [4.69, 9.17) is 0 Å². The number of benzene rings is 1. The van der Waals surface area contributed by atoms with Crippen molar-refractivity contribution in [3.05, 3.63) is 35.8 Å². The Balaban J connectivity index is 2.11. The number of H-pyrrole nitrogens is 1. The topological polar surface area (TPSA) is 66.5 Å². The van der Waals surface area contributed by atoms with Crippen molar-refractivity contribution in [3.63, 3.8) is 0 Å². The summed E-state index contributed by atoms with van der Waals surface area (Å²) < 4.78 is 1.23. The summed E-state index contributed by atoms with van der Waals surface area (Å²) in [4.78, 5) is 8.99. The van der Waals surface area contributed by atoms with Crippen molar-refractivity contribution in [1.29, 1.82) is 0 Å². The molecule has 0 atom stereocenters. The molecule has 2 N–H and O–H groups in total. The van der Waals surface area contributed by atoms with E-state index in [0.717, 1.165) is 22.3 Å². The van der Waals surface area contributed by atoms with E-state index in [-0.39, 0.29) is 0 Å². The van der Waals surface area contributed by atoms with Gasteiger partial charge in [0.15, 0.2) is 5.65 Å². The summed E-state index contributed by atoms with van der Waals surface area (Å²) in [6.45, 7) is 0. The van der Waals surface area contributed by atoms with E-state index < -0.39 is 0 Å². The molecule has 0 bridgehead atoms. The first kappa shape index (κ1) is 11.4. The second-order valence-corrected chi connectivity index (χ2v) is 5.34. The van der Waals surface area contributed by atoms with Crippen LogP contribution in [0.1, 0.15) is 0 Å². The van der Waals surface area contributed by atoms with Crippen LogP contribution < -0.4 is 5.32 Å². The molecule has 20 heavy (non-hydrogen) atoms. The van der Waals surface area contributed by atoms with Crippen molar-refractivity contribution in [2.24, 2.45) is 0 Å². The van der Waals surface area contributed by atoms with Crippen molar-refractivity contribution < 1.29 is 0 Å². The third-order valence-electron chi connectivity index (χ3n) is 3.27. The van der Waals surface area contributed by atoms with Gasteiger partial charge in [0.25, 0.3) is 0 Å². The van der Waals surface area contributed by atoms with Gasteiger partial charge in [0, 0.05) is 17.3 Å². The highest BCUT2D eigenvalue weighted by atomic mass is 32.1. The average Bonchev–Trinajstić information content (AvgIpc) is 3.14. The number of fused-ring (bicyclic) bond motifs is 2. The molecule has 0 aliphatic rings. The van der Waals surface area contributed by atoms with E-state index in [1.54, 1.807) is 17.5 Å². The highest BCUT2D eigenvalue weighted by Gasteiger charge is 2.13. The Labute approximate surface area is 118 Å². The number of hydrogen-bond donors (Lipinski definition) is 2. The Morgan fingerprint density at radius 3 is 3.05 bits per heavy atom. The summed E-state index contributed by atoms with van der Waals surface area (Å²) in [7, 11) is 1.81. The van der Waals surface area contributed by atoms with Crippen LogP contribution in [0.2, 0.25) is 0 Å². The first-order chi connectivity index (χ1) is 9.86. The number of aromatic nitrogens is 4. The fraction of sp³-hybridized carbons (Fsp3) is 0.0714. The molecule has 4 aromatic rings. The van der Waals surface area contributed by atoms with Crippen molar-refractivity contribution in [2.45, 2.75) is 0 Å². The maximum absolute atomic E-state index is 4.62. The number of aromatic amines is 1. The van der Waals surface area contributed by atoms with Gasteiger partial charge >= 0.3 is 0 Å². The third-order valence-corrected chi connectivity index (χ3v) is 4.23. The van der Waals surface area contributed by atoms with Crippen molar-refractivity contribution in [1.82, 2.24) is 20.2 Å². The number of nitrogens with one attached hydrogen (secondary N) is 2. The van der Waals surface area contributed by atoms with Crippen LogP contribution >= 0.6 is 11.3 Å². The van der Waals surface area contributed by atoms with Crippen molar-refractivity contribution in [2.75, 3.05) is 12.4 Å². The maximum Gasteiger partial charge on any atom is 0.225 e. The Bertz CT molecular complexity index is 908. The van der Waals surface area contributed by atoms with E-state index in [1.807, 2.05) is 7.05 Å². The minimum atomic E-state index is 0.588. The lowest BCUT2D eigenvalue weighted by molar-refractivity contribution is 1.09. The second kappa shape index (κ2) is 4.28. The van der Waals surface area contributed by atoms with Crippen LogP contribution in [0.4, 0.5) is 5.95 Å². The lowest BCUT2D eigenvalue weighted by Gasteiger charge is -2.06. The van der Waals surface area contributed by atoms with Crippen LogP contribution in [0.25, 0.3) is 32.4 Å². The van der Waals surface area contributed by atoms with E-state index in [9.17, 15) is 0 Å². The minimum absolute atomic E-state index is 0.588. The third kappa shape index (κ3) is 1.58. The molecule has 5 nitrogen and oxygen atoms in total. The number of rotatable bonds is 2. The molecule has 1 aromatic carbocycles. The quantitative estimate of drug-likeness (QED) is 0.592. The molecule has 0 saturated carbocycles. The molecular formula is C14H11N5S. The van der Waals surface area contributed by atoms with Gasteiger partial charge in [-0.1, -0.05) is 18.2 Å². The highest BCUT2D eigenvalue weighted by molar-refractivity contribution is 7.17. The molecule has 0 aliphatic heterocycles. The Morgan fingerprint density at radius 2 is 2.15 bits per heavy atom. The largest absolute Gasteiger partial charge is 0.357 e. The monoisotopic (exact) mass is 281 g/mol. The van der Waals surface area contributed by atoms with Crippen LogP contribution in [0, 0.1) is 0 Å². The summed E-state index contributed by atoms with van der Waals surface area (Å²) in [5.41, 5.74) is 2.76. The first-order valence-corrected chi connectivity index (χ1v) is 7.10. The van der Waals surface area contributed by atoms with Crippen LogP contribution in [0.15, 0.2) is 35.8 Å². The molecule has 3 aromatic heterocycles. The van der Waals surface area contributed by atoms with Gasteiger partial charge in [0.05, 0.1) is 17.3 Å². The normalized spacial score (nSPS) is 11.2. The van der Waals surface area contributed by atoms with Crippen molar-refractivity contribution in [3.8, 4) is 11.3 Å². The zero-order chi connectivity index (χ0) is 13.5. The lowest BCUT2D eigenvalue weighted by Crippen LogP contribution is -1.98. The van der Waals surface area contributed by atoms with E-state index in [0.29, 0.717) is 5.95 Å². The predicted octanol–water partition coefficient (Wildman–Crippen LogP) is 3.28. The van der Waals surface area contributed by atoms with Gasteiger partial charge in [0.2, 0.25) is 5.95 Å². The van der Waals surface area contributed by atoms with Gasteiger partial charge in [-0.3, -0.25) is 5.10 Å². The maximum atomic E-state index is 4.62. The Morgan fingerprint density at radius 1 is 1.20 bits per heavy atom. The van der Waals surface area contributed by atoms with Gasteiger partial charge in [-0.15, -0.1) is 11.3 Å². The van der Waals surface area contributed by atoms with Crippen LogP contribution in [0.3, 0.4) is 0 Å². The Kier molecular flexibility index (Phi) is 2.43. The van der Waals surface area contributed by atoms with Crippen LogP contribution in [0.5, 0.6) is 0 Å². The van der Waals surface area contributed by atoms with Crippen LogP contribution in [-0.4, -0.2) is 27.2 Å². The molecule has 0 spiro atoms. The molecule has 0 radical (unpaired) electrons. The zero-order valence-corrected chi connectivity index (χ0v) is 11.5. The summed E-state index contributed by atoms with van der Waals surface area (Å²) >= 11 is 1.72. The predicted molar refractivity (Wildman–Crippen MR) is 82.0 cm³/mol. The average molecular weight is 281 g/mol. The molecule has 0 unspecified atom stereocenters. The van der Waals surface area contributed by atoms with Gasteiger partial charge < -0.3 is 5.32 Å². The molecule has 3 heterocycles. The fourth-order valence-electron chi connectivity index (χ4n) is 2.33. The molecule has 0 aliphatic carbocycles. The molecule has 0 saturated heterocycles. The van der Waals surface area contributed by atoms with Gasteiger partial charge in [-0.25, -0.2) is 4.98 Å². The number of anilines is 1. The van der Waals surface area contributed by atoms with E-state index in [2.05, 4.69) is 55.1 Å². The molecule has 6 heteroatoms. The van der Waals surface area contributed by atoms with Gasteiger partial charge in [0.1, 0.15) is 0 Å².